The molecule has 1 N–H and O–H groups in total. The van der Waals surface area contributed by atoms with Crippen molar-refractivity contribution in [1.82, 2.24) is 0 Å². The van der Waals surface area contributed by atoms with Gasteiger partial charge in [-0.15, -0.1) is 0 Å². The van der Waals surface area contributed by atoms with Gasteiger partial charge in [-0.05, 0) is 46.3 Å². The number of hydrogen-bond donors (Lipinski definition) is 1. The molecule has 0 aliphatic rings. The van der Waals surface area contributed by atoms with E-state index in [1.165, 1.54) is 18.2 Å². The lowest BCUT2D eigenvalue weighted by Crippen LogP contribution is -2.14. The number of nitrogens with one attached hydrogen (secondary N) is 1. The molecule has 3 rings (SSSR count). The molecular formula is C18H16BrFN2O2S. The van der Waals surface area contributed by atoms with Crippen LogP contribution in [-0.2, 0) is 10.0 Å². The molecule has 0 bridgehead atoms. The predicted octanol–water partition coefficient (Wildman–Crippen LogP) is 4.61. The summed E-state index contributed by atoms with van der Waals surface area (Å²) < 4.78 is 41.9. The van der Waals surface area contributed by atoms with Crippen LogP contribution in [0.15, 0.2) is 64.0 Å². The van der Waals surface area contributed by atoms with E-state index in [0.717, 1.165) is 11.1 Å². The average molecular weight is 423 g/mol. The summed E-state index contributed by atoms with van der Waals surface area (Å²) in [5.41, 5.74) is 1.21. The van der Waals surface area contributed by atoms with E-state index in [0.29, 0.717) is 9.86 Å². The Morgan fingerprint density at radius 2 is 1.68 bits per heavy atom. The summed E-state index contributed by atoms with van der Waals surface area (Å²) in [4.78, 5) is 2.10. The monoisotopic (exact) mass is 422 g/mol. The zero-order valence-corrected chi connectivity index (χ0v) is 16.0. The van der Waals surface area contributed by atoms with E-state index in [2.05, 4.69) is 20.7 Å². The van der Waals surface area contributed by atoms with Crippen molar-refractivity contribution in [3.8, 4) is 0 Å². The first-order valence-corrected chi connectivity index (χ1v) is 9.74. The Bertz CT molecular complexity index is 1050. The molecule has 0 unspecified atom stereocenters. The van der Waals surface area contributed by atoms with Gasteiger partial charge in [0.2, 0.25) is 0 Å². The van der Waals surface area contributed by atoms with Crippen molar-refractivity contribution in [2.24, 2.45) is 0 Å². The smallest absolute Gasteiger partial charge is 0.262 e. The lowest BCUT2D eigenvalue weighted by atomic mass is 10.1. The zero-order chi connectivity index (χ0) is 18.2. The second-order valence-electron chi connectivity index (χ2n) is 5.75. The van der Waals surface area contributed by atoms with Crippen molar-refractivity contribution in [2.75, 3.05) is 23.7 Å². The van der Waals surface area contributed by atoms with E-state index < -0.39 is 15.8 Å². The first-order chi connectivity index (χ1) is 11.8. The minimum absolute atomic E-state index is 0.171. The zero-order valence-electron chi connectivity index (χ0n) is 13.6. The van der Waals surface area contributed by atoms with Gasteiger partial charge in [0.15, 0.2) is 0 Å². The van der Waals surface area contributed by atoms with Crippen LogP contribution in [0.1, 0.15) is 0 Å². The number of fused-ring (bicyclic) bond motifs is 1. The third kappa shape index (κ3) is 3.48. The quantitative estimate of drug-likeness (QED) is 0.667. The number of hydrogen-bond acceptors (Lipinski definition) is 3. The highest BCUT2D eigenvalue weighted by Crippen LogP contribution is 2.32. The number of nitrogens with zero attached hydrogens (tertiary/aromatic N) is 1. The fraction of sp³-hybridized carbons (Fsp3) is 0.111. The molecule has 4 nitrogen and oxygen atoms in total. The maximum atomic E-state index is 13.2. The van der Waals surface area contributed by atoms with Crippen LogP contribution in [0.5, 0.6) is 0 Å². The number of halogens is 2. The Balaban J connectivity index is 2.13. The molecule has 0 heterocycles. The molecule has 0 aromatic heterocycles. The molecule has 0 aliphatic carbocycles. The third-order valence-corrected chi connectivity index (χ3v) is 5.89. The minimum Gasteiger partial charge on any atom is -0.377 e. The minimum atomic E-state index is -3.84. The third-order valence-electron chi connectivity index (χ3n) is 3.81. The predicted molar refractivity (Wildman–Crippen MR) is 103 cm³/mol. The van der Waals surface area contributed by atoms with Crippen molar-refractivity contribution < 1.29 is 12.8 Å². The van der Waals surface area contributed by atoms with Gasteiger partial charge in [0.25, 0.3) is 10.0 Å². The first kappa shape index (κ1) is 17.7. The maximum Gasteiger partial charge on any atom is 0.262 e. The fourth-order valence-corrected chi connectivity index (χ4v) is 4.54. The Hall–Kier alpha value is -2.12. The van der Waals surface area contributed by atoms with Crippen molar-refractivity contribution in [2.45, 2.75) is 4.90 Å². The van der Waals surface area contributed by atoms with E-state index in [4.69, 9.17) is 0 Å². The molecule has 7 heteroatoms. The van der Waals surface area contributed by atoms with Crippen molar-refractivity contribution in [3.05, 3.63) is 64.9 Å². The number of benzene rings is 3. The Kier molecular flexibility index (Phi) is 4.71. The second-order valence-corrected chi connectivity index (χ2v) is 8.26. The van der Waals surface area contributed by atoms with Crippen molar-refractivity contribution in [3.63, 3.8) is 0 Å². The van der Waals surface area contributed by atoms with Crippen molar-refractivity contribution >= 4 is 48.1 Å². The van der Waals surface area contributed by atoms with Crippen molar-refractivity contribution in [1.29, 1.82) is 0 Å². The normalized spacial score (nSPS) is 11.5. The average Bonchev–Trinajstić information content (AvgIpc) is 2.56. The fourth-order valence-electron chi connectivity index (χ4n) is 2.66. The van der Waals surface area contributed by atoms with Gasteiger partial charge in [0.05, 0.1) is 10.6 Å². The van der Waals surface area contributed by atoms with Gasteiger partial charge in [-0.2, -0.15) is 0 Å². The molecule has 0 aliphatic heterocycles. The van der Waals surface area contributed by atoms with Gasteiger partial charge in [0.1, 0.15) is 5.82 Å². The molecule has 0 atom stereocenters. The lowest BCUT2D eigenvalue weighted by Gasteiger charge is -2.17. The first-order valence-electron chi connectivity index (χ1n) is 7.46. The SMILES string of the molecule is CN(C)c1cccc2c(S(=O)(=O)Nc3ccc(F)cc3Br)cccc12. The molecule has 0 spiro atoms. The summed E-state index contributed by atoms with van der Waals surface area (Å²) in [6, 6.07) is 14.5. The summed E-state index contributed by atoms with van der Waals surface area (Å²) in [5.74, 6) is -0.449. The van der Waals surface area contributed by atoms with E-state index >= 15 is 0 Å². The highest BCUT2D eigenvalue weighted by Gasteiger charge is 2.19. The van der Waals surface area contributed by atoms with Gasteiger partial charge in [-0.1, -0.05) is 24.3 Å². The molecule has 0 amide bonds. The Morgan fingerprint density at radius 3 is 2.36 bits per heavy atom. The summed E-state index contributed by atoms with van der Waals surface area (Å²) in [6.07, 6.45) is 0. The molecule has 3 aromatic carbocycles. The van der Waals surface area contributed by atoms with Crippen LogP contribution in [0.3, 0.4) is 0 Å². The standard InChI is InChI=1S/C18H16BrFN2O2S/c1-22(2)17-7-3-6-14-13(17)5-4-8-18(14)25(23,24)21-16-10-9-12(20)11-15(16)19/h3-11,21H,1-2H3. The van der Waals surface area contributed by atoms with E-state index in [1.807, 2.05) is 37.2 Å². The molecular weight excluding hydrogens is 407 g/mol. The second kappa shape index (κ2) is 6.65. The van der Waals surface area contributed by atoms with Crippen LogP contribution in [0.2, 0.25) is 0 Å². The van der Waals surface area contributed by atoms with Crippen LogP contribution in [-0.4, -0.2) is 22.5 Å². The maximum absolute atomic E-state index is 13.2. The van der Waals surface area contributed by atoms with Gasteiger partial charge >= 0.3 is 0 Å². The molecule has 25 heavy (non-hydrogen) atoms. The van der Waals surface area contributed by atoms with Crippen LogP contribution in [0.25, 0.3) is 10.8 Å². The molecule has 0 saturated carbocycles. The molecule has 0 saturated heterocycles. The van der Waals surface area contributed by atoms with E-state index in [1.54, 1.807) is 18.2 Å². The summed E-state index contributed by atoms with van der Waals surface area (Å²) >= 11 is 3.18. The van der Waals surface area contributed by atoms with Crippen LogP contribution >= 0.6 is 15.9 Å². The number of anilines is 2. The molecule has 130 valence electrons. The highest BCUT2D eigenvalue weighted by molar-refractivity contribution is 9.10. The molecule has 3 aromatic rings. The Labute approximate surface area is 154 Å². The number of rotatable bonds is 4. The largest absolute Gasteiger partial charge is 0.377 e. The van der Waals surface area contributed by atoms with Gasteiger partial charge in [-0.25, -0.2) is 12.8 Å². The highest BCUT2D eigenvalue weighted by atomic mass is 79.9. The topological polar surface area (TPSA) is 49.4 Å². The van der Waals surface area contributed by atoms with Crippen LogP contribution in [0, 0.1) is 5.82 Å². The van der Waals surface area contributed by atoms with Gasteiger partial charge < -0.3 is 4.90 Å². The van der Waals surface area contributed by atoms with E-state index in [9.17, 15) is 12.8 Å². The van der Waals surface area contributed by atoms with Gasteiger partial charge in [0, 0.05) is 35.0 Å². The number of sulfonamides is 1. The van der Waals surface area contributed by atoms with Crippen LogP contribution in [0.4, 0.5) is 15.8 Å². The summed E-state index contributed by atoms with van der Waals surface area (Å²) in [5, 5.41) is 1.47. The molecule has 0 fully saturated rings. The van der Waals surface area contributed by atoms with Gasteiger partial charge in [-0.3, -0.25) is 4.72 Å². The van der Waals surface area contributed by atoms with Crippen LogP contribution < -0.4 is 9.62 Å². The lowest BCUT2D eigenvalue weighted by molar-refractivity contribution is 0.601. The van der Waals surface area contributed by atoms with E-state index in [-0.39, 0.29) is 10.6 Å². The summed E-state index contributed by atoms with van der Waals surface area (Å²) in [6.45, 7) is 0. The summed E-state index contributed by atoms with van der Waals surface area (Å²) in [7, 11) is -0.0256. The Morgan fingerprint density at radius 1 is 1.00 bits per heavy atom. The molecule has 0 radical (unpaired) electrons.